The standard InChI is InChI=1S/C29H26O6/c1-14-3-5-16(6-4-14)7-8-17-9-10-21(31)26-20(17)12-18-11-19-13-22(32)23(15(2)30)27(33)25(19)28(34)24(18)29(26)35/h3-10,18-19,23-25,31H,11-13H2,1-2H3/b8-7+. The number of hydrogen-bond donors (Lipinski definition) is 1. The van der Waals surface area contributed by atoms with Crippen molar-refractivity contribution in [2.24, 2.45) is 29.6 Å². The molecule has 6 nitrogen and oxygen atoms in total. The van der Waals surface area contributed by atoms with Gasteiger partial charge in [-0.2, -0.15) is 0 Å². The van der Waals surface area contributed by atoms with Crippen molar-refractivity contribution in [2.75, 3.05) is 0 Å². The van der Waals surface area contributed by atoms with Crippen molar-refractivity contribution < 1.29 is 29.1 Å². The van der Waals surface area contributed by atoms with Gasteiger partial charge in [0.25, 0.3) is 0 Å². The zero-order valence-corrected chi connectivity index (χ0v) is 19.6. The highest BCUT2D eigenvalue weighted by molar-refractivity contribution is 6.28. The van der Waals surface area contributed by atoms with Crippen LogP contribution in [0.4, 0.5) is 0 Å². The summed E-state index contributed by atoms with van der Waals surface area (Å²) in [6, 6.07) is 11.2. The summed E-state index contributed by atoms with van der Waals surface area (Å²) in [5, 5.41) is 10.6. The number of carbonyl (C=O) groups is 5. The Morgan fingerprint density at radius 1 is 0.886 bits per heavy atom. The molecule has 5 unspecified atom stereocenters. The molecule has 35 heavy (non-hydrogen) atoms. The SMILES string of the molecule is CC(=O)C1C(=O)CC2CC3Cc4c(/C=C/c5ccc(C)cc5)ccc(O)c4C(=O)C3C(=O)C2C1=O. The van der Waals surface area contributed by atoms with Gasteiger partial charge in [-0.1, -0.05) is 48.0 Å². The molecular formula is C29H26O6. The van der Waals surface area contributed by atoms with Gasteiger partial charge in [-0.15, -0.1) is 0 Å². The van der Waals surface area contributed by atoms with E-state index >= 15 is 0 Å². The smallest absolute Gasteiger partial charge is 0.177 e. The molecule has 0 aromatic heterocycles. The molecule has 5 atom stereocenters. The summed E-state index contributed by atoms with van der Waals surface area (Å²) in [4.78, 5) is 64.4. The number of ketones is 5. The number of Topliss-reactive ketones (excluding diaryl/α,β-unsaturated/α-hetero) is 5. The van der Waals surface area contributed by atoms with E-state index in [-0.39, 0.29) is 23.7 Å². The molecule has 2 fully saturated rings. The molecule has 3 aliphatic carbocycles. The van der Waals surface area contributed by atoms with Gasteiger partial charge >= 0.3 is 0 Å². The Labute approximate surface area is 203 Å². The number of phenolic OH excluding ortho intramolecular Hbond substituents is 1. The Morgan fingerprint density at radius 2 is 1.57 bits per heavy atom. The van der Waals surface area contributed by atoms with Gasteiger partial charge in [0, 0.05) is 6.42 Å². The Kier molecular flexibility index (Phi) is 5.62. The average molecular weight is 471 g/mol. The van der Waals surface area contributed by atoms with Crippen molar-refractivity contribution in [3.63, 3.8) is 0 Å². The minimum atomic E-state index is -1.41. The molecule has 0 amide bonds. The summed E-state index contributed by atoms with van der Waals surface area (Å²) < 4.78 is 0. The molecule has 0 saturated heterocycles. The molecule has 0 radical (unpaired) electrons. The third-order valence-corrected chi connectivity index (χ3v) is 7.80. The monoisotopic (exact) mass is 470 g/mol. The number of hydrogen-bond acceptors (Lipinski definition) is 6. The Balaban J connectivity index is 1.51. The fourth-order valence-electron chi connectivity index (χ4n) is 6.16. The average Bonchev–Trinajstić information content (AvgIpc) is 2.78. The maximum Gasteiger partial charge on any atom is 0.177 e. The van der Waals surface area contributed by atoms with Crippen LogP contribution in [-0.4, -0.2) is 34.0 Å². The molecule has 5 rings (SSSR count). The Morgan fingerprint density at radius 3 is 2.26 bits per heavy atom. The predicted molar refractivity (Wildman–Crippen MR) is 129 cm³/mol. The lowest BCUT2D eigenvalue weighted by molar-refractivity contribution is -0.152. The Bertz CT molecular complexity index is 1320. The molecule has 0 aliphatic heterocycles. The second kappa shape index (κ2) is 8.52. The summed E-state index contributed by atoms with van der Waals surface area (Å²) in [7, 11) is 0. The van der Waals surface area contributed by atoms with Crippen molar-refractivity contribution in [3.8, 4) is 5.75 Å². The van der Waals surface area contributed by atoms with Crippen molar-refractivity contribution in [1.29, 1.82) is 0 Å². The number of benzene rings is 2. The number of carbonyl (C=O) groups excluding carboxylic acids is 5. The van der Waals surface area contributed by atoms with Crippen molar-refractivity contribution in [3.05, 3.63) is 64.2 Å². The van der Waals surface area contributed by atoms with Crippen LogP contribution < -0.4 is 0 Å². The summed E-state index contributed by atoms with van der Waals surface area (Å²) in [6.45, 7) is 3.19. The summed E-state index contributed by atoms with van der Waals surface area (Å²) in [5.41, 5.74) is 3.74. The van der Waals surface area contributed by atoms with Gasteiger partial charge in [-0.3, -0.25) is 24.0 Å². The molecule has 6 heteroatoms. The highest BCUT2D eigenvalue weighted by atomic mass is 16.3. The minimum Gasteiger partial charge on any atom is -0.507 e. The summed E-state index contributed by atoms with van der Waals surface area (Å²) in [5.74, 6) is -7.24. The van der Waals surface area contributed by atoms with E-state index in [0.29, 0.717) is 18.4 Å². The van der Waals surface area contributed by atoms with Crippen LogP contribution in [-0.2, 0) is 25.6 Å². The van der Waals surface area contributed by atoms with Gasteiger partial charge in [-0.25, -0.2) is 0 Å². The first-order valence-corrected chi connectivity index (χ1v) is 11.9. The van der Waals surface area contributed by atoms with Crippen LogP contribution in [0.1, 0.15) is 52.4 Å². The molecule has 1 N–H and O–H groups in total. The molecule has 2 aromatic carbocycles. The molecule has 2 saturated carbocycles. The van der Waals surface area contributed by atoms with E-state index in [1.165, 1.54) is 13.0 Å². The van der Waals surface area contributed by atoms with E-state index in [2.05, 4.69) is 0 Å². The maximum absolute atomic E-state index is 13.6. The Hall–Kier alpha value is -3.67. The van der Waals surface area contributed by atoms with E-state index in [9.17, 15) is 29.1 Å². The third kappa shape index (κ3) is 3.77. The van der Waals surface area contributed by atoms with Gasteiger partial charge in [0.15, 0.2) is 23.1 Å². The quantitative estimate of drug-likeness (QED) is 0.540. The van der Waals surface area contributed by atoms with Crippen LogP contribution in [0.3, 0.4) is 0 Å². The van der Waals surface area contributed by atoms with Crippen LogP contribution in [0.15, 0.2) is 36.4 Å². The fourth-order valence-corrected chi connectivity index (χ4v) is 6.16. The molecule has 3 aliphatic rings. The van der Waals surface area contributed by atoms with Crippen LogP contribution in [0.25, 0.3) is 12.2 Å². The van der Waals surface area contributed by atoms with Crippen LogP contribution in [0, 0.1) is 36.5 Å². The number of rotatable bonds is 3. The van der Waals surface area contributed by atoms with Crippen molar-refractivity contribution >= 4 is 41.1 Å². The zero-order valence-electron chi connectivity index (χ0n) is 19.6. The molecule has 178 valence electrons. The van der Waals surface area contributed by atoms with E-state index < -0.39 is 52.6 Å². The van der Waals surface area contributed by atoms with E-state index in [4.69, 9.17) is 0 Å². The third-order valence-electron chi connectivity index (χ3n) is 7.80. The first-order valence-electron chi connectivity index (χ1n) is 11.9. The summed E-state index contributed by atoms with van der Waals surface area (Å²) in [6.07, 6.45) is 4.60. The lowest BCUT2D eigenvalue weighted by Gasteiger charge is -2.44. The fraction of sp³-hybridized carbons (Fsp3) is 0.345. The zero-order chi connectivity index (χ0) is 25.0. The van der Waals surface area contributed by atoms with Crippen molar-refractivity contribution in [2.45, 2.75) is 33.1 Å². The number of fused-ring (bicyclic) bond motifs is 3. The number of aromatic hydroxyl groups is 1. The minimum absolute atomic E-state index is 0.00309. The first kappa shape index (κ1) is 23.1. The molecular weight excluding hydrogens is 444 g/mol. The van der Waals surface area contributed by atoms with Gasteiger partial charge in [0.1, 0.15) is 17.5 Å². The largest absolute Gasteiger partial charge is 0.507 e. The maximum atomic E-state index is 13.6. The number of aryl methyl sites for hydroxylation is 1. The van der Waals surface area contributed by atoms with Gasteiger partial charge in [0.2, 0.25) is 0 Å². The summed E-state index contributed by atoms with van der Waals surface area (Å²) >= 11 is 0. The first-order chi connectivity index (χ1) is 16.7. The highest BCUT2D eigenvalue weighted by Crippen LogP contribution is 2.48. The van der Waals surface area contributed by atoms with E-state index in [1.807, 2.05) is 43.3 Å². The molecule has 0 heterocycles. The van der Waals surface area contributed by atoms with E-state index in [1.54, 1.807) is 6.07 Å². The number of phenols is 1. The lowest BCUT2D eigenvalue weighted by atomic mass is 9.55. The van der Waals surface area contributed by atoms with Gasteiger partial charge < -0.3 is 5.11 Å². The van der Waals surface area contributed by atoms with Gasteiger partial charge in [0.05, 0.1) is 17.4 Å². The predicted octanol–water partition coefficient (Wildman–Crippen LogP) is 3.79. The van der Waals surface area contributed by atoms with Crippen LogP contribution in [0.2, 0.25) is 0 Å². The molecule has 0 spiro atoms. The van der Waals surface area contributed by atoms with Gasteiger partial charge in [-0.05, 0) is 61.3 Å². The van der Waals surface area contributed by atoms with Crippen LogP contribution in [0.5, 0.6) is 5.75 Å². The second-order valence-corrected chi connectivity index (χ2v) is 10.1. The topological polar surface area (TPSA) is 106 Å². The second-order valence-electron chi connectivity index (χ2n) is 10.1. The van der Waals surface area contributed by atoms with E-state index in [0.717, 1.165) is 16.7 Å². The lowest BCUT2D eigenvalue weighted by Crippen LogP contribution is -2.55. The highest BCUT2D eigenvalue weighted by Gasteiger charge is 2.57. The molecule has 0 bridgehead atoms. The molecule has 2 aromatic rings. The van der Waals surface area contributed by atoms with Crippen LogP contribution >= 0.6 is 0 Å². The van der Waals surface area contributed by atoms with Crippen molar-refractivity contribution in [1.82, 2.24) is 0 Å². The normalized spacial score (nSPS) is 28.0.